The van der Waals surface area contributed by atoms with Crippen LogP contribution in [0.2, 0.25) is 0 Å². The lowest BCUT2D eigenvalue weighted by atomic mass is 10.1. The molecule has 1 aromatic rings. The SMILES string of the molecule is ClCc1ncc(C2CCOC2)o1. The second-order valence-electron chi connectivity index (χ2n) is 2.85. The van der Waals surface area contributed by atoms with Crippen molar-refractivity contribution in [2.75, 3.05) is 13.2 Å². The average Bonchev–Trinajstić information content (AvgIpc) is 2.75. The Bertz CT molecular complexity index is 255. The number of oxazole rings is 1. The first kappa shape index (κ1) is 8.08. The molecule has 1 atom stereocenters. The number of hydrogen-bond donors (Lipinski definition) is 0. The summed E-state index contributed by atoms with van der Waals surface area (Å²) in [5.41, 5.74) is 0. The maximum Gasteiger partial charge on any atom is 0.209 e. The summed E-state index contributed by atoms with van der Waals surface area (Å²) in [7, 11) is 0. The minimum absolute atomic E-state index is 0.341. The lowest BCUT2D eigenvalue weighted by molar-refractivity contribution is 0.191. The highest BCUT2D eigenvalue weighted by atomic mass is 35.5. The molecule has 0 aliphatic carbocycles. The predicted molar refractivity (Wildman–Crippen MR) is 44.2 cm³/mol. The first-order valence-electron chi connectivity index (χ1n) is 3.98. The van der Waals surface area contributed by atoms with Gasteiger partial charge in [-0.3, -0.25) is 0 Å². The van der Waals surface area contributed by atoms with Gasteiger partial charge in [0.15, 0.2) is 0 Å². The summed E-state index contributed by atoms with van der Waals surface area (Å²) in [6.45, 7) is 1.57. The summed E-state index contributed by atoms with van der Waals surface area (Å²) in [6, 6.07) is 0. The van der Waals surface area contributed by atoms with Crippen LogP contribution < -0.4 is 0 Å². The Kier molecular flexibility index (Phi) is 2.33. The molecule has 1 fully saturated rings. The second kappa shape index (κ2) is 3.46. The average molecular weight is 188 g/mol. The molecule has 1 aromatic heterocycles. The van der Waals surface area contributed by atoms with E-state index >= 15 is 0 Å². The third kappa shape index (κ3) is 1.47. The van der Waals surface area contributed by atoms with Gasteiger partial charge in [-0.25, -0.2) is 4.98 Å². The molecule has 4 heteroatoms. The molecule has 2 heterocycles. The number of hydrogen-bond acceptors (Lipinski definition) is 3. The Morgan fingerprint density at radius 2 is 2.58 bits per heavy atom. The number of rotatable bonds is 2. The Labute approximate surface area is 75.7 Å². The first-order valence-corrected chi connectivity index (χ1v) is 4.52. The van der Waals surface area contributed by atoms with E-state index in [1.807, 2.05) is 0 Å². The lowest BCUT2D eigenvalue weighted by Gasteiger charge is -1.99. The van der Waals surface area contributed by atoms with Crippen molar-refractivity contribution >= 4 is 11.6 Å². The summed E-state index contributed by atoms with van der Waals surface area (Å²) in [5.74, 6) is 2.23. The summed E-state index contributed by atoms with van der Waals surface area (Å²) in [6.07, 6.45) is 2.77. The quantitative estimate of drug-likeness (QED) is 0.664. The van der Waals surface area contributed by atoms with Crippen molar-refractivity contribution in [1.29, 1.82) is 0 Å². The molecule has 66 valence electrons. The zero-order chi connectivity index (χ0) is 8.39. The van der Waals surface area contributed by atoms with Gasteiger partial charge in [-0.2, -0.15) is 0 Å². The van der Waals surface area contributed by atoms with Crippen molar-refractivity contribution in [3.05, 3.63) is 17.8 Å². The molecular weight excluding hydrogens is 178 g/mol. The van der Waals surface area contributed by atoms with E-state index in [2.05, 4.69) is 4.98 Å². The Balaban J connectivity index is 2.11. The van der Waals surface area contributed by atoms with Crippen LogP contribution in [0.5, 0.6) is 0 Å². The van der Waals surface area contributed by atoms with Gasteiger partial charge >= 0.3 is 0 Å². The van der Waals surface area contributed by atoms with Crippen LogP contribution in [0, 0.1) is 0 Å². The van der Waals surface area contributed by atoms with E-state index in [1.54, 1.807) is 6.20 Å². The molecule has 0 aromatic carbocycles. The smallest absolute Gasteiger partial charge is 0.209 e. The molecule has 3 nitrogen and oxygen atoms in total. The maximum absolute atomic E-state index is 5.56. The van der Waals surface area contributed by atoms with Crippen LogP contribution in [-0.4, -0.2) is 18.2 Å². The number of halogens is 1. The summed E-state index contributed by atoms with van der Waals surface area (Å²) in [4.78, 5) is 4.03. The van der Waals surface area contributed by atoms with Crippen LogP contribution in [0.25, 0.3) is 0 Å². The highest BCUT2D eigenvalue weighted by Crippen LogP contribution is 2.25. The molecule has 1 saturated heterocycles. The van der Waals surface area contributed by atoms with Crippen LogP contribution in [-0.2, 0) is 10.6 Å². The minimum Gasteiger partial charge on any atom is -0.444 e. The number of ether oxygens (including phenoxy) is 1. The lowest BCUT2D eigenvalue weighted by Crippen LogP contribution is -1.94. The fourth-order valence-corrected chi connectivity index (χ4v) is 1.46. The van der Waals surface area contributed by atoms with E-state index in [0.29, 0.717) is 17.7 Å². The minimum atomic E-state index is 0.341. The van der Waals surface area contributed by atoms with Gasteiger partial charge in [0, 0.05) is 12.5 Å². The monoisotopic (exact) mass is 187 g/mol. The van der Waals surface area contributed by atoms with Crippen molar-refractivity contribution in [1.82, 2.24) is 4.98 Å². The molecule has 1 aliphatic heterocycles. The van der Waals surface area contributed by atoms with E-state index in [0.717, 1.165) is 25.4 Å². The number of aromatic nitrogens is 1. The molecule has 0 radical (unpaired) electrons. The van der Waals surface area contributed by atoms with Crippen LogP contribution in [0.15, 0.2) is 10.6 Å². The molecule has 0 bridgehead atoms. The summed E-state index contributed by atoms with van der Waals surface area (Å²) >= 11 is 5.56. The maximum atomic E-state index is 5.56. The van der Waals surface area contributed by atoms with Gasteiger partial charge in [0.1, 0.15) is 5.76 Å². The van der Waals surface area contributed by atoms with Crippen LogP contribution in [0.3, 0.4) is 0 Å². The van der Waals surface area contributed by atoms with Crippen LogP contribution >= 0.6 is 11.6 Å². The third-order valence-electron chi connectivity index (χ3n) is 2.02. The van der Waals surface area contributed by atoms with Gasteiger partial charge in [-0.1, -0.05) is 0 Å². The van der Waals surface area contributed by atoms with E-state index in [4.69, 9.17) is 20.8 Å². The fraction of sp³-hybridized carbons (Fsp3) is 0.625. The van der Waals surface area contributed by atoms with E-state index < -0.39 is 0 Å². The standard InChI is InChI=1S/C8H10ClNO2/c9-3-8-10-4-7(12-8)6-1-2-11-5-6/h4,6H,1-3,5H2. The fourth-order valence-electron chi connectivity index (χ4n) is 1.33. The topological polar surface area (TPSA) is 35.3 Å². The van der Waals surface area contributed by atoms with Crippen molar-refractivity contribution < 1.29 is 9.15 Å². The van der Waals surface area contributed by atoms with Gasteiger partial charge < -0.3 is 9.15 Å². The summed E-state index contributed by atoms with van der Waals surface area (Å²) < 4.78 is 10.6. The molecule has 12 heavy (non-hydrogen) atoms. The molecule has 0 spiro atoms. The first-order chi connectivity index (χ1) is 5.90. The molecule has 1 unspecified atom stereocenters. The Morgan fingerprint density at radius 1 is 1.67 bits per heavy atom. The van der Waals surface area contributed by atoms with E-state index in [9.17, 15) is 0 Å². The van der Waals surface area contributed by atoms with Crippen LogP contribution in [0.1, 0.15) is 24.0 Å². The Hall–Kier alpha value is -0.540. The van der Waals surface area contributed by atoms with E-state index in [-0.39, 0.29) is 0 Å². The molecule has 0 amide bonds. The number of nitrogens with zero attached hydrogens (tertiary/aromatic N) is 1. The molecule has 0 saturated carbocycles. The van der Waals surface area contributed by atoms with Gasteiger partial charge in [-0.15, -0.1) is 11.6 Å². The summed E-state index contributed by atoms with van der Waals surface area (Å²) in [5, 5.41) is 0. The molecule has 2 rings (SSSR count). The molecule has 1 aliphatic rings. The van der Waals surface area contributed by atoms with Crippen molar-refractivity contribution in [2.45, 2.75) is 18.2 Å². The highest BCUT2D eigenvalue weighted by Gasteiger charge is 2.21. The van der Waals surface area contributed by atoms with E-state index in [1.165, 1.54) is 0 Å². The van der Waals surface area contributed by atoms with Crippen molar-refractivity contribution in [3.63, 3.8) is 0 Å². The molecular formula is C8H10ClNO2. The Morgan fingerprint density at radius 3 is 3.17 bits per heavy atom. The van der Waals surface area contributed by atoms with Gasteiger partial charge in [0.25, 0.3) is 0 Å². The zero-order valence-corrected chi connectivity index (χ0v) is 7.38. The predicted octanol–water partition coefficient (Wildman–Crippen LogP) is 1.92. The van der Waals surface area contributed by atoms with Gasteiger partial charge in [0.2, 0.25) is 5.89 Å². The van der Waals surface area contributed by atoms with Crippen molar-refractivity contribution in [3.8, 4) is 0 Å². The third-order valence-corrected chi connectivity index (χ3v) is 2.25. The number of alkyl halides is 1. The largest absolute Gasteiger partial charge is 0.444 e. The van der Waals surface area contributed by atoms with Gasteiger partial charge in [0.05, 0.1) is 18.7 Å². The van der Waals surface area contributed by atoms with Crippen LogP contribution in [0.4, 0.5) is 0 Å². The highest BCUT2D eigenvalue weighted by molar-refractivity contribution is 6.16. The molecule has 0 N–H and O–H groups in total. The van der Waals surface area contributed by atoms with Crippen molar-refractivity contribution in [2.24, 2.45) is 0 Å². The normalized spacial score (nSPS) is 23.2. The van der Waals surface area contributed by atoms with Gasteiger partial charge in [-0.05, 0) is 6.42 Å². The zero-order valence-electron chi connectivity index (χ0n) is 6.62. The second-order valence-corrected chi connectivity index (χ2v) is 3.12.